The number of hydrogen-bond donors (Lipinski definition) is 1. The zero-order valence-corrected chi connectivity index (χ0v) is 11.4. The second kappa shape index (κ2) is 5.87. The Labute approximate surface area is 108 Å². The molecule has 4 nitrogen and oxygen atoms in total. The smallest absolute Gasteiger partial charge is 0.326 e. The highest BCUT2D eigenvalue weighted by Gasteiger charge is 2.20. The quantitative estimate of drug-likeness (QED) is 0.830. The first-order chi connectivity index (χ1) is 8.36. The highest BCUT2D eigenvalue weighted by molar-refractivity contribution is 5.75. The Hall–Kier alpha value is -1.55. The molecule has 0 aliphatic rings. The molecule has 0 radical (unpaired) electrons. The number of rotatable bonds is 4. The molecule has 18 heavy (non-hydrogen) atoms. The third-order valence-corrected chi connectivity index (χ3v) is 2.62. The van der Waals surface area contributed by atoms with Crippen LogP contribution in [-0.4, -0.2) is 25.7 Å². The van der Waals surface area contributed by atoms with Gasteiger partial charge in [-0.1, -0.05) is 39.0 Å². The van der Waals surface area contributed by atoms with Gasteiger partial charge in [-0.3, -0.25) is 4.79 Å². The molecule has 0 aromatic heterocycles. The van der Waals surface area contributed by atoms with Crippen LogP contribution < -0.4 is 10.5 Å². The van der Waals surface area contributed by atoms with Crippen LogP contribution in [0.2, 0.25) is 0 Å². The SMILES string of the molecule is COC(=O)C(N)COc1ccccc1C(C)(C)C. The maximum absolute atomic E-state index is 11.2. The molecule has 100 valence electrons. The van der Waals surface area contributed by atoms with Gasteiger partial charge in [0.25, 0.3) is 0 Å². The van der Waals surface area contributed by atoms with Crippen molar-refractivity contribution in [3.63, 3.8) is 0 Å². The third kappa shape index (κ3) is 3.74. The highest BCUT2D eigenvalue weighted by Crippen LogP contribution is 2.30. The molecule has 0 heterocycles. The Balaban J connectivity index is 2.77. The van der Waals surface area contributed by atoms with Gasteiger partial charge < -0.3 is 15.2 Å². The molecule has 2 N–H and O–H groups in total. The van der Waals surface area contributed by atoms with Crippen LogP contribution >= 0.6 is 0 Å². The maximum atomic E-state index is 11.2. The van der Waals surface area contributed by atoms with E-state index in [1.165, 1.54) is 7.11 Å². The lowest BCUT2D eigenvalue weighted by Crippen LogP contribution is -2.37. The number of nitrogens with two attached hydrogens (primary N) is 1. The molecule has 0 aliphatic heterocycles. The van der Waals surface area contributed by atoms with E-state index in [0.29, 0.717) is 0 Å². The van der Waals surface area contributed by atoms with Gasteiger partial charge in [0.15, 0.2) is 0 Å². The van der Waals surface area contributed by atoms with Crippen molar-refractivity contribution in [1.29, 1.82) is 0 Å². The summed E-state index contributed by atoms with van der Waals surface area (Å²) in [5, 5.41) is 0. The molecular weight excluding hydrogens is 230 g/mol. The molecular formula is C14H21NO3. The minimum absolute atomic E-state index is 0.0219. The van der Waals surface area contributed by atoms with Gasteiger partial charge in [-0.05, 0) is 17.0 Å². The van der Waals surface area contributed by atoms with E-state index in [-0.39, 0.29) is 12.0 Å². The van der Waals surface area contributed by atoms with Gasteiger partial charge in [0.1, 0.15) is 18.4 Å². The molecule has 4 heteroatoms. The summed E-state index contributed by atoms with van der Waals surface area (Å²) in [7, 11) is 1.31. The zero-order chi connectivity index (χ0) is 13.8. The topological polar surface area (TPSA) is 61.5 Å². The number of ether oxygens (including phenoxy) is 2. The number of methoxy groups -OCH3 is 1. The first-order valence-electron chi connectivity index (χ1n) is 5.92. The fraction of sp³-hybridized carbons (Fsp3) is 0.500. The summed E-state index contributed by atoms with van der Waals surface area (Å²) in [4.78, 5) is 11.2. The van der Waals surface area contributed by atoms with Crippen LogP contribution in [0.15, 0.2) is 24.3 Å². The van der Waals surface area contributed by atoms with Crippen molar-refractivity contribution in [2.45, 2.75) is 32.2 Å². The number of para-hydroxylation sites is 1. The van der Waals surface area contributed by atoms with Gasteiger partial charge in [0.2, 0.25) is 0 Å². The lowest BCUT2D eigenvalue weighted by Gasteiger charge is -2.23. The molecule has 0 aliphatic carbocycles. The van der Waals surface area contributed by atoms with Gasteiger partial charge in [-0.15, -0.1) is 0 Å². The van der Waals surface area contributed by atoms with Gasteiger partial charge in [0.05, 0.1) is 7.11 Å². The van der Waals surface area contributed by atoms with E-state index in [4.69, 9.17) is 10.5 Å². The molecule has 1 atom stereocenters. The molecule has 0 saturated carbocycles. The van der Waals surface area contributed by atoms with E-state index in [9.17, 15) is 4.79 Å². The molecule has 1 rings (SSSR count). The number of hydrogen-bond acceptors (Lipinski definition) is 4. The van der Waals surface area contributed by atoms with Gasteiger partial charge >= 0.3 is 5.97 Å². The number of esters is 1. The first-order valence-corrected chi connectivity index (χ1v) is 5.92. The number of carbonyl (C=O) groups is 1. The Morgan fingerprint density at radius 2 is 1.94 bits per heavy atom. The summed E-state index contributed by atoms with van der Waals surface area (Å²) >= 11 is 0. The van der Waals surface area contributed by atoms with Crippen molar-refractivity contribution >= 4 is 5.97 Å². The van der Waals surface area contributed by atoms with E-state index < -0.39 is 12.0 Å². The lowest BCUT2D eigenvalue weighted by molar-refractivity contribution is -0.142. The van der Waals surface area contributed by atoms with Crippen LogP contribution in [0.25, 0.3) is 0 Å². The normalized spacial score (nSPS) is 12.9. The van der Waals surface area contributed by atoms with Crippen LogP contribution in [0.1, 0.15) is 26.3 Å². The van der Waals surface area contributed by atoms with Gasteiger partial charge in [-0.25, -0.2) is 0 Å². The van der Waals surface area contributed by atoms with E-state index in [2.05, 4.69) is 25.5 Å². The predicted octanol–water partition coefficient (Wildman–Crippen LogP) is 1.86. The average molecular weight is 251 g/mol. The largest absolute Gasteiger partial charge is 0.491 e. The van der Waals surface area contributed by atoms with E-state index in [1.807, 2.05) is 24.3 Å². The second-order valence-corrected chi connectivity index (χ2v) is 5.19. The van der Waals surface area contributed by atoms with Crippen molar-refractivity contribution in [1.82, 2.24) is 0 Å². The minimum Gasteiger partial charge on any atom is -0.491 e. The van der Waals surface area contributed by atoms with Crippen LogP contribution in [0, 0.1) is 0 Å². The summed E-state index contributed by atoms with van der Waals surface area (Å²) in [6, 6.07) is 6.99. The molecule has 1 unspecified atom stereocenters. The molecule has 0 spiro atoms. The van der Waals surface area contributed by atoms with Gasteiger partial charge in [-0.2, -0.15) is 0 Å². The van der Waals surface area contributed by atoms with Crippen molar-refractivity contribution in [2.75, 3.05) is 13.7 Å². The molecule has 0 saturated heterocycles. The first kappa shape index (κ1) is 14.5. The standard InChI is InChI=1S/C14H21NO3/c1-14(2,3)10-7-5-6-8-12(10)18-9-11(15)13(16)17-4/h5-8,11H,9,15H2,1-4H3. The predicted molar refractivity (Wildman–Crippen MR) is 70.6 cm³/mol. The monoisotopic (exact) mass is 251 g/mol. The Morgan fingerprint density at radius 3 is 2.50 bits per heavy atom. The van der Waals surface area contributed by atoms with Crippen LogP contribution in [0.3, 0.4) is 0 Å². The van der Waals surface area contributed by atoms with Crippen molar-refractivity contribution in [2.24, 2.45) is 5.73 Å². The van der Waals surface area contributed by atoms with Crippen LogP contribution in [0.4, 0.5) is 0 Å². The third-order valence-electron chi connectivity index (χ3n) is 2.62. The van der Waals surface area contributed by atoms with Crippen molar-refractivity contribution in [3.05, 3.63) is 29.8 Å². The Morgan fingerprint density at radius 1 is 1.33 bits per heavy atom. The summed E-state index contributed by atoms with van der Waals surface area (Å²) in [5.41, 5.74) is 6.70. The molecule has 0 fully saturated rings. The molecule has 0 amide bonds. The Bertz CT molecular complexity index is 410. The summed E-state index contributed by atoms with van der Waals surface area (Å²) < 4.78 is 10.2. The highest BCUT2D eigenvalue weighted by atomic mass is 16.5. The summed E-state index contributed by atoms with van der Waals surface area (Å²) in [5.74, 6) is 0.285. The van der Waals surface area contributed by atoms with E-state index >= 15 is 0 Å². The lowest BCUT2D eigenvalue weighted by atomic mass is 9.86. The number of carbonyl (C=O) groups excluding carboxylic acids is 1. The van der Waals surface area contributed by atoms with E-state index in [0.717, 1.165) is 11.3 Å². The van der Waals surface area contributed by atoms with E-state index in [1.54, 1.807) is 0 Å². The maximum Gasteiger partial charge on any atom is 0.326 e. The Kier molecular flexibility index (Phi) is 4.73. The van der Waals surface area contributed by atoms with Crippen LogP contribution in [-0.2, 0) is 14.9 Å². The summed E-state index contributed by atoms with van der Waals surface area (Å²) in [6.07, 6.45) is 0. The average Bonchev–Trinajstić information content (AvgIpc) is 2.34. The minimum atomic E-state index is -0.761. The zero-order valence-electron chi connectivity index (χ0n) is 11.4. The van der Waals surface area contributed by atoms with Crippen LogP contribution in [0.5, 0.6) is 5.75 Å². The van der Waals surface area contributed by atoms with Crippen molar-refractivity contribution < 1.29 is 14.3 Å². The fourth-order valence-corrected chi connectivity index (χ4v) is 1.61. The second-order valence-electron chi connectivity index (χ2n) is 5.19. The molecule has 1 aromatic carbocycles. The van der Waals surface area contributed by atoms with Crippen molar-refractivity contribution in [3.8, 4) is 5.75 Å². The number of benzene rings is 1. The summed E-state index contributed by atoms with van der Waals surface area (Å²) in [6.45, 7) is 6.43. The molecule has 0 bridgehead atoms. The van der Waals surface area contributed by atoms with Gasteiger partial charge in [0, 0.05) is 0 Å². The molecule has 1 aromatic rings. The fourth-order valence-electron chi connectivity index (χ4n) is 1.61.